The number of nitrogens with one attached hydrogen (secondary N) is 2. The Morgan fingerprint density at radius 1 is 1.21 bits per heavy atom. The molecule has 1 aliphatic heterocycles. The topological polar surface area (TPSA) is 80.1 Å². The summed E-state index contributed by atoms with van der Waals surface area (Å²) in [6.45, 7) is 5.50. The highest BCUT2D eigenvalue weighted by molar-refractivity contribution is 6.30. The van der Waals surface area contributed by atoms with Crippen molar-refractivity contribution >= 4 is 40.1 Å². The summed E-state index contributed by atoms with van der Waals surface area (Å²) in [7, 11) is 1.88. The fourth-order valence-electron chi connectivity index (χ4n) is 3.23. The number of aromatic nitrogens is 4. The maximum absolute atomic E-state index is 6.10. The van der Waals surface area contributed by atoms with E-state index in [0.717, 1.165) is 62.5 Å². The Bertz CT molecular complexity index is 939. The molecule has 1 saturated heterocycles. The predicted octanol–water partition coefficient (Wildman–Crippen LogP) is 2.89. The molecule has 1 fully saturated rings. The van der Waals surface area contributed by atoms with Crippen molar-refractivity contribution in [2.45, 2.75) is 6.42 Å². The van der Waals surface area contributed by atoms with Crippen LogP contribution in [-0.2, 0) is 11.8 Å². The van der Waals surface area contributed by atoms with Crippen molar-refractivity contribution in [3.63, 3.8) is 0 Å². The van der Waals surface area contributed by atoms with Crippen molar-refractivity contribution < 1.29 is 4.74 Å². The van der Waals surface area contributed by atoms with Crippen LogP contribution in [0.5, 0.6) is 0 Å². The van der Waals surface area contributed by atoms with Crippen LogP contribution in [-0.4, -0.2) is 64.0 Å². The Kier molecular flexibility index (Phi) is 5.90. The number of halogens is 1. The van der Waals surface area contributed by atoms with Gasteiger partial charge in [0.25, 0.3) is 0 Å². The molecule has 0 saturated carbocycles. The average molecular weight is 402 g/mol. The van der Waals surface area contributed by atoms with Gasteiger partial charge in [-0.1, -0.05) is 17.7 Å². The van der Waals surface area contributed by atoms with Crippen LogP contribution >= 0.6 is 11.6 Å². The Morgan fingerprint density at radius 3 is 2.89 bits per heavy atom. The van der Waals surface area contributed by atoms with Crippen molar-refractivity contribution in [1.82, 2.24) is 24.6 Å². The summed E-state index contributed by atoms with van der Waals surface area (Å²) in [6, 6.07) is 7.55. The van der Waals surface area contributed by atoms with Gasteiger partial charge in [0.15, 0.2) is 5.65 Å². The monoisotopic (exact) mass is 401 g/mol. The second-order valence-electron chi connectivity index (χ2n) is 6.77. The number of ether oxygens (including phenoxy) is 1. The predicted molar refractivity (Wildman–Crippen MR) is 111 cm³/mol. The number of hydrogen-bond donors (Lipinski definition) is 2. The third-order valence-electron chi connectivity index (χ3n) is 4.72. The third kappa shape index (κ3) is 4.52. The molecule has 0 amide bonds. The molecule has 1 aliphatic rings. The first-order chi connectivity index (χ1) is 13.7. The Balaban J connectivity index is 1.46. The van der Waals surface area contributed by atoms with Crippen LogP contribution in [0.3, 0.4) is 0 Å². The number of hydrogen-bond acceptors (Lipinski definition) is 7. The Morgan fingerprint density at radius 2 is 2.07 bits per heavy atom. The molecule has 4 rings (SSSR count). The lowest BCUT2D eigenvalue weighted by atomic mass is 10.3. The van der Waals surface area contributed by atoms with Gasteiger partial charge in [0, 0.05) is 37.4 Å². The molecule has 2 N–H and O–H groups in total. The van der Waals surface area contributed by atoms with Crippen LogP contribution in [0.25, 0.3) is 11.0 Å². The van der Waals surface area contributed by atoms with Crippen molar-refractivity contribution in [2.75, 3.05) is 50.0 Å². The summed E-state index contributed by atoms with van der Waals surface area (Å²) in [5.74, 6) is 1.29. The molecule has 1 aromatic carbocycles. The maximum atomic E-state index is 6.10. The number of anilines is 3. The molecule has 3 aromatic rings. The summed E-state index contributed by atoms with van der Waals surface area (Å²) >= 11 is 6.10. The lowest BCUT2D eigenvalue weighted by molar-refractivity contribution is 0.0378. The van der Waals surface area contributed by atoms with E-state index in [4.69, 9.17) is 16.3 Å². The summed E-state index contributed by atoms with van der Waals surface area (Å²) in [6.07, 6.45) is 2.79. The molecular weight excluding hydrogens is 378 g/mol. The van der Waals surface area contributed by atoms with Crippen molar-refractivity contribution in [2.24, 2.45) is 7.05 Å². The van der Waals surface area contributed by atoms with E-state index >= 15 is 0 Å². The van der Waals surface area contributed by atoms with Crippen LogP contribution < -0.4 is 10.6 Å². The zero-order chi connectivity index (χ0) is 19.3. The molecule has 0 spiro atoms. The SMILES string of the molecule is Cn1ncc2c(Nc3cccc(Cl)c3)nc(NCCCN3CCOCC3)nc21. The molecule has 0 atom stereocenters. The molecule has 9 heteroatoms. The van der Waals surface area contributed by atoms with Gasteiger partial charge in [-0.2, -0.15) is 15.1 Å². The van der Waals surface area contributed by atoms with E-state index in [0.29, 0.717) is 16.8 Å². The van der Waals surface area contributed by atoms with E-state index in [1.807, 2.05) is 31.3 Å². The zero-order valence-corrected chi connectivity index (χ0v) is 16.6. The molecule has 3 heterocycles. The van der Waals surface area contributed by atoms with Gasteiger partial charge >= 0.3 is 0 Å². The first-order valence-corrected chi connectivity index (χ1v) is 9.83. The Hall–Kier alpha value is -2.42. The van der Waals surface area contributed by atoms with E-state index in [1.165, 1.54) is 0 Å². The summed E-state index contributed by atoms with van der Waals surface area (Å²) in [5, 5.41) is 12.5. The highest BCUT2D eigenvalue weighted by Crippen LogP contribution is 2.26. The molecule has 2 aromatic heterocycles. The van der Waals surface area contributed by atoms with E-state index in [2.05, 4.69) is 30.6 Å². The minimum Gasteiger partial charge on any atom is -0.379 e. The second-order valence-corrected chi connectivity index (χ2v) is 7.21. The third-order valence-corrected chi connectivity index (χ3v) is 4.95. The van der Waals surface area contributed by atoms with Crippen molar-refractivity contribution in [3.05, 3.63) is 35.5 Å². The van der Waals surface area contributed by atoms with E-state index in [-0.39, 0.29) is 0 Å². The van der Waals surface area contributed by atoms with Gasteiger partial charge in [0.05, 0.1) is 24.8 Å². The van der Waals surface area contributed by atoms with Gasteiger partial charge in [-0.3, -0.25) is 9.58 Å². The number of aryl methyl sites for hydroxylation is 1. The van der Waals surface area contributed by atoms with E-state index in [1.54, 1.807) is 10.9 Å². The minimum atomic E-state index is 0.586. The summed E-state index contributed by atoms with van der Waals surface area (Å²) in [4.78, 5) is 11.7. The molecule has 148 valence electrons. The van der Waals surface area contributed by atoms with Crippen LogP contribution in [0, 0.1) is 0 Å². The summed E-state index contributed by atoms with van der Waals surface area (Å²) < 4.78 is 7.14. The second kappa shape index (κ2) is 8.72. The van der Waals surface area contributed by atoms with Gasteiger partial charge in [-0.15, -0.1) is 0 Å². The van der Waals surface area contributed by atoms with Crippen LogP contribution in [0.2, 0.25) is 5.02 Å². The van der Waals surface area contributed by atoms with Gasteiger partial charge in [0.1, 0.15) is 5.82 Å². The average Bonchev–Trinajstić information content (AvgIpc) is 3.07. The highest BCUT2D eigenvalue weighted by Gasteiger charge is 2.13. The number of benzene rings is 1. The van der Waals surface area contributed by atoms with Gasteiger partial charge < -0.3 is 15.4 Å². The van der Waals surface area contributed by atoms with E-state index < -0.39 is 0 Å². The lowest BCUT2D eigenvalue weighted by Crippen LogP contribution is -2.37. The minimum absolute atomic E-state index is 0.586. The molecule has 0 radical (unpaired) electrons. The molecule has 0 unspecified atom stereocenters. The largest absolute Gasteiger partial charge is 0.379 e. The highest BCUT2D eigenvalue weighted by atomic mass is 35.5. The zero-order valence-electron chi connectivity index (χ0n) is 15.9. The van der Waals surface area contributed by atoms with Crippen molar-refractivity contribution in [3.8, 4) is 0 Å². The molecular formula is C19H24ClN7O. The standard InChI is InChI=1S/C19H24ClN7O/c1-26-18-16(13-22-26)17(23-15-5-2-4-14(20)12-15)24-19(25-18)21-6-3-7-27-8-10-28-11-9-27/h2,4-5,12-13H,3,6-11H2,1H3,(H2,21,23,24,25). The normalized spacial score (nSPS) is 15.1. The first kappa shape index (κ1) is 18.9. The van der Waals surface area contributed by atoms with Gasteiger partial charge in [-0.05, 0) is 31.2 Å². The van der Waals surface area contributed by atoms with E-state index in [9.17, 15) is 0 Å². The number of morpholine rings is 1. The van der Waals surface area contributed by atoms with Crippen LogP contribution in [0.15, 0.2) is 30.5 Å². The quantitative estimate of drug-likeness (QED) is 0.589. The van der Waals surface area contributed by atoms with Gasteiger partial charge in [-0.25, -0.2) is 0 Å². The smallest absolute Gasteiger partial charge is 0.226 e. The fourth-order valence-corrected chi connectivity index (χ4v) is 3.42. The number of rotatable bonds is 7. The molecule has 0 aliphatic carbocycles. The summed E-state index contributed by atoms with van der Waals surface area (Å²) in [5.41, 5.74) is 1.64. The fraction of sp³-hybridized carbons (Fsp3) is 0.421. The molecule has 8 nitrogen and oxygen atoms in total. The lowest BCUT2D eigenvalue weighted by Gasteiger charge is -2.26. The van der Waals surface area contributed by atoms with Crippen LogP contribution in [0.1, 0.15) is 6.42 Å². The van der Waals surface area contributed by atoms with Gasteiger partial charge in [0.2, 0.25) is 5.95 Å². The van der Waals surface area contributed by atoms with Crippen molar-refractivity contribution in [1.29, 1.82) is 0 Å². The maximum Gasteiger partial charge on any atom is 0.226 e. The Labute approximate surface area is 168 Å². The number of nitrogens with zero attached hydrogens (tertiary/aromatic N) is 5. The molecule has 0 bridgehead atoms. The first-order valence-electron chi connectivity index (χ1n) is 9.45. The molecule has 28 heavy (non-hydrogen) atoms. The number of fused-ring (bicyclic) bond motifs is 1. The van der Waals surface area contributed by atoms with Crippen LogP contribution in [0.4, 0.5) is 17.5 Å².